The van der Waals surface area contributed by atoms with Crippen molar-refractivity contribution in [3.8, 4) is 0 Å². The quantitative estimate of drug-likeness (QED) is 0.539. The summed E-state index contributed by atoms with van der Waals surface area (Å²) in [5, 5.41) is 0. The number of ether oxygens (including phenoxy) is 1. The van der Waals surface area contributed by atoms with Gasteiger partial charge in [-0.25, -0.2) is 9.59 Å². The van der Waals surface area contributed by atoms with E-state index < -0.39 is 18.1 Å². The first-order valence-corrected chi connectivity index (χ1v) is 5.24. The first-order chi connectivity index (χ1) is 8.88. The van der Waals surface area contributed by atoms with E-state index in [2.05, 4.69) is 4.74 Å². The highest BCUT2D eigenvalue weighted by atomic mass is 19.4. The van der Waals surface area contributed by atoms with E-state index in [1.54, 1.807) is 29.3 Å². The van der Waals surface area contributed by atoms with Gasteiger partial charge in [0.25, 0.3) is 0 Å². The fourth-order valence-corrected chi connectivity index (χ4v) is 1.55. The lowest BCUT2D eigenvalue weighted by molar-refractivity contribution is -0.200. The van der Waals surface area contributed by atoms with Crippen molar-refractivity contribution in [3.05, 3.63) is 47.9 Å². The number of alkyl halides is 3. The molecule has 0 fully saturated rings. The minimum absolute atomic E-state index is 0.0798. The van der Waals surface area contributed by atoms with Gasteiger partial charge in [-0.15, -0.1) is 0 Å². The Morgan fingerprint density at radius 2 is 2.00 bits per heavy atom. The van der Waals surface area contributed by atoms with Crippen molar-refractivity contribution < 1.29 is 27.5 Å². The zero-order valence-corrected chi connectivity index (χ0v) is 9.48. The van der Waals surface area contributed by atoms with Crippen LogP contribution >= 0.6 is 0 Å². The Morgan fingerprint density at radius 3 is 2.68 bits per heavy atom. The highest BCUT2D eigenvalue weighted by Crippen LogP contribution is 2.22. The first kappa shape index (κ1) is 13.1. The molecule has 100 valence electrons. The predicted molar refractivity (Wildman–Crippen MR) is 58.3 cm³/mol. The summed E-state index contributed by atoms with van der Waals surface area (Å²) < 4.78 is 39.6. The molecular formula is C12H8F3NO3. The first-order valence-electron chi connectivity index (χ1n) is 5.24. The minimum atomic E-state index is -5.18. The second-order valence-corrected chi connectivity index (χ2v) is 3.76. The Balaban J connectivity index is 2.08. The van der Waals surface area contributed by atoms with Gasteiger partial charge >= 0.3 is 18.1 Å². The Labute approximate surface area is 106 Å². The molecule has 0 atom stereocenters. The smallest absolute Gasteiger partial charge is 0.383 e. The molecule has 0 N–H and O–H groups in total. The summed E-state index contributed by atoms with van der Waals surface area (Å²) in [6.07, 6.45) is 4.50. The molecule has 0 unspecified atom stereocenters. The van der Waals surface area contributed by atoms with Crippen LogP contribution in [0.3, 0.4) is 0 Å². The molecule has 0 bridgehead atoms. The largest absolute Gasteiger partial charge is 0.491 e. The monoisotopic (exact) mass is 271 g/mol. The molecule has 0 aliphatic carbocycles. The molecule has 0 spiro atoms. The van der Waals surface area contributed by atoms with E-state index in [9.17, 15) is 22.8 Å². The van der Waals surface area contributed by atoms with Crippen molar-refractivity contribution in [3.63, 3.8) is 0 Å². The number of hydrogen-bond acceptors (Lipinski definition) is 4. The van der Waals surface area contributed by atoms with Gasteiger partial charge in [0, 0.05) is 18.4 Å². The van der Waals surface area contributed by atoms with Crippen molar-refractivity contribution in [1.29, 1.82) is 0 Å². The third-order valence-corrected chi connectivity index (χ3v) is 2.44. The van der Waals surface area contributed by atoms with E-state index in [-0.39, 0.29) is 5.57 Å². The Kier molecular flexibility index (Phi) is 3.28. The standard InChI is InChI=1S/C12H8F3NO3/c13-12(14,15)11(18)19-10(17)8-4-6-16-5-2-1-3-9(16)7-8/h1-5,7H,6H2. The Morgan fingerprint density at radius 1 is 1.26 bits per heavy atom. The van der Waals surface area contributed by atoms with Crippen LogP contribution in [0.4, 0.5) is 13.2 Å². The minimum Gasteiger partial charge on any atom is -0.383 e. The molecule has 2 heterocycles. The lowest BCUT2D eigenvalue weighted by Gasteiger charge is -2.25. The molecule has 2 aliphatic heterocycles. The number of esters is 2. The SMILES string of the molecule is O=C(OC(=O)C(F)(F)F)C1=CCN2C=CC=CC2=C1. The lowest BCUT2D eigenvalue weighted by atomic mass is 10.1. The second-order valence-electron chi connectivity index (χ2n) is 3.76. The van der Waals surface area contributed by atoms with Crippen LogP contribution in [0.2, 0.25) is 0 Å². The Hall–Kier alpha value is -2.31. The molecule has 0 aromatic heterocycles. The van der Waals surface area contributed by atoms with Gasteiger partial charge in [0.1, 0.15) is 0 Å². The maximum Gasteiger partial charge on any atom is 0.491 e. The van der Waals surface area contributed by atoms with E-state index in [1.165, 1.54) is 12.2 Å². The van der Waals surface area contributed by atoms with Crippen molar-refractivity contribution >= 4 is 11.9 Å². The van der Waals surface area contributed by atoms with Gasteiger partial charge in [-0.05, 0) is 18.2 Å². The average molecular weight is 271 g/mol. The number of rotatable bonds is 1. The maximum atomic E-state index is 12.0. The molecule has 0 saturated heterocycles. The molecular weight excluding hydrogens is 263 g/mol. The molecule has 2 rings (SSSR count). The van der Waals surface area contributed by atoms with Crippen LogP contribution in [0.1, 0.15) is 0 Å². The van der Waals surface area contributed by atoms with Crippen LogP contribution in [-0.2, 0) is 14.3 Å². The number of nitrogens with zero attached hydrogens (tertiary/aromatic N) is 1. The summed E-state index contributed by atoms with van der Waals surface area (Å²) in [5.41, 5.74) is 0.556. The average Bonchev–Trinajstić information content (AvgIpc) is 2.37. The van der Waals surface area contributed by atoms with E-state index in [0.29, 0.717) is 12.2 Å². The molecule has 7 heteroatoms. The topological polar surface area (TPSA) is 46.6 Å². The van der Waals surface area contributed by atoms with Crippen LogP contribution in [0.5, 0.6) is 0 Å². The number of halogens is 3. The van der Waals surface area contributed by atoms with Crippen LogP contribution in [-0.4, -0.2) is 29.6 Å². The summed E-state index contributed by atoms with van der Waals surface area (Å²) in [5.74, 6) is -3.82. The molecule has 0 aromatic carbocycles. The third kappa shape index (κ3) is 2.93. The zero-order chi connectivity index (χ0) is 14.0. The van der Waals surface area contributed by atoms with Crippen molar-refractivity contribution in [2.75, 3.05) is 6.54 Å². The summed E-state index contributed by atoms with van der Waals surface area (Å²) in [7, 11) is 0. The van der Waals surface area contributed by atoms with Crippen LogP contribution in [0.15, 0.2) is 47.9 Å². The summed E-state index contributed by atoms with van der Waals surface area (Å²) in [6, 6.07) is 0. The normalized spacial score (nSPS) is 17.5. The molecule has 4 nitrogen and oxygen atoms in total. The molecule has 0 radical (unpaired) electrons. The summed E-state index contributed by atoms with van der Waals surface area (Å²) in [4.78, 5) is 23.7. The maximum absolute atomic E-state index is 12.0. The van der Waals surface area contributed by atoms with Crippen LogP contribution < -0.4 is 0 Å². The van der Waals surface area contributed by atoms with Gasteiger partial charge < -0.3 is 9.64 Å². The summed E-state index contributed by atoms with van der Waals surface area (Å²) >= 11 is 0. The Bertz CT molecular complexity index is 541. The van der Waals surface area contributed by atoms with Gasteiger partial charge in [0.15, 0.2) is 0 Å². The molecule has 0 saturated carbocycles. The molecule has 19 heavy (non-hydrogen) atoms. The predicted octanol–water partition coefficient (Wildman–Crippen LogP) is 1.83. The number of hydrogen-bond donors (Lipinski definition) is 0. The van der Waals surface area contributed by atoms with Crippen LogP contribution in [0.25, 0.3) is 0 Å². The molecule has 2 aliphatic rings. The summed E-state index contributed by atoms with van der Waals surface area (Å²) in [6.45, 7) is 0.317. The fourth-order valence-electron chi connectivity index (χ4n) is 1.55. The number of allylic oxidation sites excluding steroid dienone is 3. The highest BCUT2D eigenvalue weighted by Gasteiger charge is 2.42. The number of carbonyl (C=O) groups excluding carboxylic acids is 2. The van der Waals surface area contributed by atoms with Crippen LogP contribution in [0, 0.1) is 0 Å². The van der Waals surface area contributed by atoms with Gasteiger partial charge in [0.05, 0.1) is 5.57 Å². The van der Waals surface area contributed by atoms with E-state index in [0.717, 1.165) is 0 Å². The lowest BCUT2D eigenvalue weighted by Crippen LogP contribution is -2.29. The third-order valence-electron chi connectivity index (χ3n) is 2.44. The molecule has 0 amide bonds. The number of fused-ring (bicyclic) bond motifs is 1. The van der Waals surface area contributed by atoms with E-state index in [1.807, 2.05) is 0 Å². The zero-order valence-electron chi connectivity index (χ0n) is 9.48. The molecule has 0 aromatic rings. The van der Waals surface area contributed by atoms with Gasteiger partial charge in [-0.2, -0.15) is 13.2 Å². The van der Waals surface area contributed by atoms with Crippen molar-refractivity contribution in [2.24, 2.45) is 0 Å². The van der Waals surface area contributed by atoms with Crippen molar-refractivity contribution in [2.45, 2.75) is 6.18 Å². The number of carbonyl (C=O) groups is 2. The van der Waals surface area contributed by atoms with Crippen molar-refractivity contribution in [1.82, 2.24) is 4.90 Å². The van der Waals surface area contributed by atoms with Gasteiger partial charge in [-0.3, -0.25) is 0 Å². The van der Waals surface area contributed by atoms with E-state index in [4.69, 9.17) is 0 Å². The van der Waals surface area contributed by atoms with Gasteiger partial charge in [-0.1, -0.05) is 12.2 Å². The van der Waals surface area contributed by atoms with E-state index >= 15 is 0 Å². The van der Waals surface area contributed by atoms with Gasteiger partial charge in [0.2, 0.25) is 0 Å². The fraction of sp³-hybridized carbons (Fsp3) is 0.167. The second kappa shape index (κ2) is 4.75. The highest BCUT2D eigenvalue weighted by molar-refractivity contribution is 5.99.